The maximum atomic E-state index is 11.5. The van der Waals surface area contributed by atoms with Crippen molar-refractivity contribution in [3.8, 4) is 0 Å². The number of rotatable bonds is 5. The van der Waals surface area contributed by atoms with Crippen LogP contribution in [0.5, 0.6) is 0 Å². The molecule has 0 aromatic carbocycles. The summed E-state index contributed by atoms with van der Waals surface area (Å²) in [6.07, 6.45) is 9.58. The zero-order chi connectivity index (χ0) is 19.1. The van der Waals surface area contributed by atoms with Crippen molar-refractivity contribution in [2.45, 2.75) is 70.9 Å². The van der Waals surface area contributed by atoms with E-state index in [1.165, 1.54) is 25.7 Å². The van der Waals surface area contributed by atoms with Gasteiger partial charge in [0.2, 0.25) is 5.91 Å². The molecule has 1 saturated heterocycles. The topological polar surface area (TPSA) is 69.9 Å². The molecule has 1 saturated carbocycles. The van der Waals surface area contributed by atoms with Gasteiger partial charge in [0, 0.05) is 45.1 Å². The summed E-state index contributed by atoms with van der Waals surface area (Å²) in [6, 6.07) is 4.78. The summed E-state index contributed by atoms with van der Waals surface area (Å²) in [4.78, 5) is 18.3. The fraction of sp³-hybridized carbons (Fsp3) is 0.714. The number of amides is 1. The lowest BCUT2D eigenvalue weighted by Crippen LogP contribution is -2.53. The molecule has 1 aliphatic heterocycles. The van der Waals surface area contributed by atoms with E-state index in [4.69, 9.17) is 9.41 Å². The minimum Gasteiger partial charge on any atom is -0.469 e. The summed E-state index contributed by atoms with van der Waals surface area (Å²) in [5.41, 5.74) is 0. The Kier molecular flexibility index (Phi) is 7.18. The summed E-state index contributed by atoms with van der Waals surface area (Å²) in [5, 5.41) is 7.33. The fourth-order valence-corrected chi connectivity index (χ4v) is 4.10. The number of piperidine rings is 1. The van der Waals surface area contributed by atoms with E-state index in [0.29, 0.717) is 24.5 Å². The van der Waals surface area contributed by atoms with Crippen LogP contribution in [-0.4, -0.2) is 48.5 Å². The molecule has 1 aromatic rings. The Bertz CT molecular complexity index is 606. The van der Waals surface area contributed by atoms with E-state index in [0.717, 1.165) is 44.1 Å². The molecule has 3 rings (SSSR count). The molecule has 0 radical (unpaired) electrons. The van der Waals surface area contributed by atoms with Crippen LogP contribution in [0.4, 0.5) is 0 Å². The number of hydrogen-bond donors (Lipinski definition) is 2. The maximum Gasteiger partial charge on any atom is 0.219 e. The van der Waals surface area contributed by atoms with Gasteiger partial charge in [0.1, 0.15) is 5.76 Å². The fourth-order valence-electron chi connectivity index (χ4n) is 4.10. The Labute approximate surface area is 162 Å². The predicted molar refractivity (Wildman–Crippen MR) is 108 cm³/mol. The highest BCUT2D eigenvalue weighted by atomic mass is 16.3. The molecule has 1 amide bonds. The summed E-state index contributed by atoms with van der Waals surface area (Å²) in [6.45, 7) is 6.35. The van der Waals surface area contributed by atoms with Crippen LogP contribution in [-0.2, 0) is 11.2 Å². The van der Waals surface area contributed by atoms with E-state index < -0.39 is 0 Å². The lowest BCUT2D eigenvalue weighted by Gasteiger charge is -2.35. The van der Waals surface area contributed by atoms with Crippen LogP contribution in [0.1, 0.15) is 58.1 Å². The van der Waals surface area contributed by atoms with E-state index in [9.17, 15) is 4.79 Å². The monoisotopic (exact) mass is 374 g/mol. The zero-order valence-electron chi connectivity index (χ0n) is 16.7. The van der Waals surface area contributed by atoms with E-state index in [-0.39, 0.29) is 5.91 Å². The molecule has 1 aliphatic carbocycles. The van der Waals surface area contributed by atoms with Gasteiger partial charge in [-0.1, -0.05) is 19.8 Å². The molecule has 2 aliphatic rings. The highest BCUT2D eigenvalue weighted by Crippen LogP contribution is 2.23. The number of carbonyl (C=O) groups is 1. The highest BCUT2D eigenvalue weighted by Gasteiger charge is 2.25. The van der Waals surface area contributed by atoms with Crippen molar-refractivity contribution >= 4 is 11.9 Å². The molecule has 2 atom stereocenters. The number of nitrogens with zero attached hydrogens (tertiary/aromatic N) is 2. The Morgan fingerprint density at radius 1 is 1.22 bits per heavy atom. The molecule has 6 nitrogen and oxygen atoms in total. The van der Waals surface area contributed by atoms with Gasteiger partial charge >= 0.3 is 0 Å². The molecule has 0 spiro atoms. The van der Waals surface area contributed by atoms with Gasteiger partial charge in [-0.2, -0.15) is 0 Å². The minimum atomic E-state index is 0.176. The molecule has 6 heteroatoms. The average molecular weight is 375 g/mol. The second kappa shape index (κ2) is 9.81. The van der Waals surface area contributed by atoms with Crippen LogP contribution in [0, 0.1) is 5.92 Å². The zero-order valence-corrected chi connectivity index (χ0v) is 16.7. The van der Waals surface area contributed by atoms with Crippen molar-refractivity contribution in [3.05, 3.63) is 24.2 Å². The van der Waals surface area contributed by atoms with Crippen LogP contribution >= 0.6 is 0 Å². The van der Waals surface area contributed by atoms with E-state index in [2.05, 4.69) is 17.6 Å². The molecule has 1 aromatic heterocycles. The summed E-state index contributed by atoms with van der Waals surface area (Å²) in [5.74, 6) is 2.74. The first kappa shape index (κ1) is 19.8. The van der Waals surface area contributed by atoms with Gasteiger partial charge in [-0.15, -0.1) is 0 Å². The molecule has 27 heavy (non-hydrogen) atoms. The first-order valence-electron chi connectivity index (χ1n) is 10.5. The van der Waals surface area contributed by atoms with E-state index in [1.54, 1.807) is 13.2 Å². The van der Waals surface area contributed by atoms with Gasteiger partial charge in [0.05, 0.1) is 6.26 Å². The van der Waals surface area contributed by atoms with Crippen molar-refractivity contribution in [3.63, 3.8) is 0 Å². The lowest BCUT2D eigenvalue weighted by atomic mass is 9.86. The normalized spacial score (nSPS) is 24.7. The second-order valence-corrected chi connectivity index (χ2v) is 8.00. The van der Waals surface area contributed by atoms with Gasteiger partial charge in [-0.25, -0.2) is 0 Å². The molecular formula is C21H34N4O2. The Hall–Kier alpha value is -1.98. The molecule has 2 N–H and O–H groups in total. The standard InChI is InChI=1S/C21H34N4O2/c1-16-6-3-4-8-20(16)24-21(22-12-9-19-7-5-15-27-19)23-18-10-13-25(14-11-18)17(2)26/h5,7,15-16,18,20H,3-4,6,8-14H2,1-2H3,(H2,22,23,24). The number of guanidine groups is 1. The van der Waals surface area contributed by atoms with Gasteiger partial charge in [0.25, 0.3) is 0 Å². The van der Waals surface area contributed by atoms with Crippen LogP contribution in [0.2, 0.25) is 0 Å². The third-order valence-electron chi connectivity index (χ3n) is 5.92. The van der Waals surface area contributed by atoms with Crippen LogP contribution < -0.4 is 10.6 Å². The predicted octanol–water partition coefficient (Wildman–Crippen LogP) is 2.95. The first-order valence-corrected chi connectivity index (χ1v) is 10.5. The van der Waals surface area contributed by atoms with Crippen LogP contribution in [0.25, 0.3) is 0 Å². The molecule has 150 valence electrons. The van der Waals surface area contributed by atoms with Crippen molar-refractivity contribution in [1.82, 2.24) is 15.5 Å². The highest BCUT2D eigenvalue weighted by molar-refractivity contribution is 5.80. The largest absolute Gasteiger partial charge is 0.469 e. The molecule has 2 unspecified atom stereocenters. The second-order valence-electron chi connectivity index (χ2n) is 8.00. The summed E-state index contributed by atoms with van der Waals surface area (Å²) in [7, 11) is 0. The number of likely N-dealkylation sites (tertiary alicyclic amines) is 1. The molecule has 0 bridgehead atoms. The number of nitrogens with one attached hydrogen (secondary N) is 2. The third kappa shape index (κ3) is 6.01. The number of aliphatic imine (C=N–C) groups is 1. The van der Waals surface area contributed by atoms with Gasteiger partial charge in [-0.05, 0) is 43.7 Å². The van der Waals surface area contributed by atoms with Crippen molar-refractivity contribution < 1.29 is 9.21 Å². The third-order valence-corrected chi connectivity index (χ3v) is 5.92. The molecule has 2 heterocycles. The minimum absolute atomic E-state index is 0.176. The van der Waals surface area contributed by atoms with Crippen LogP contribution in [0.15, 0.2) is 27.8 Å². The first-order chi connectivity index (χ1) is 13.1. The quantitative estimate of drug-likeness (QED) is 0.614. The summed E-state index contributed by atoms with van der Waals surface area (Å²) < 4.78 is 5.42. The van der Waals surface area contributed by atoms with Crippen LogP contribution in [0.3, 0.4) is 0 Å². The number of carbonyl (C=O) groups excluding carboxylic acids is 1. The van der Waals surface area contributed by atoms with Gasteiger partial charge in [-0.3, -0.25) is 9.79 Å². The average Bonchev–Trinajstić information content (AvgIpc) is 3.17. The lowest BCUT2D eigenvalue weighted by molar-refractivity contribution is -0.129. The SMILES string of the molecule is CC(=O)N1CCC(NC(=NCCc2ccco2)NC2CCCCC2C)CC1. The van der Waals surface area contributed by atoms with E-state index >= 15 is 0 Å². The van der Waals surface area contributed by atoms with Crippen molar-refractivity contribution in [1.29, 1.82) is 0 Å². The number of hydrogen-bond acceptors (Lipinski definition) is 3. The number of furan rings is 1. The summed E-state index contributed by atoms with van der Waals surface area (Å²) >= 11 is 0. The Morgan fingerprint density at radius 3 is 2.67 bits per heavy atom. The van der Waals surface area contributed by atoms with Gasteiger partial charge < -0.3 is 20.0 Å². The maximum absolute atomic E-state index is 11.5. The van der Waals surface area contributed by atoms with Crippen molar-refractivity contribution in [2.75, 3.05) is 19.6 Å². The van der Waals surface area contributed by atoms with Gasteiger partial charge in [0.15, 0.2) is 5.96 Å². The van der Waals surface area contributed by atoms with E-state index in [1.807, 2.05) is 17.0 Å². The Balaban J connectivity index is 1.57. The molecule has 2 fully saturated rings. The van der Waals surface area contributed by atoms with Crippen molar-refractivity contribution in [2.24, 2.45) is 10.9 Å². The smallest absolute Gasteiger partial charge is 0.219 e. The molecular weight excluding hydrogens is 340 g/mol. The Morgan fingerprint density at radius 2 is 2.00 bits per heavy atom.